The Balaban J connectivity index is 2.15. The molecule has 1 aromatic heterocycles. The van der Waals surface area contributed by atoms with Crippen molar-refractivity contribution in [3.63, 3.8) is 0 Å². The fourth-order valence-corrected chi connectivity index (χ4v) is 1.97. The van der Waals surface area contributed by atoms with Crippen LogP contribution < -0.4 is 11.1 Å². The van der Waals surface area contributed by atoms with Gasteiger partial charge < -0.3 is 20.5 Å². The number of carbonyl (C=O) groups is 1. The van der Waals surface area contributed by atoms with Crippen molar-refractivity contribution in [3.8, 4) is 0 Å². The number of benzene rings is 1. The van der Waals surface area contributed by atoms with Crippen molar-refractivity contribution >= 4 is 23.0 Å². The average Bonchev–Trinajstić information content (AvgIpc) is 2.68. The zero-order chi connectivity index (χ0) is 14.0. The molecule has 6 nitrogen and oxygen atoms in total. The number of nitrogens with one attached hydrogen (secondary N) is 1. The number of fused-ring (bicyclic) bond motifs is 1. The topological polar surface area (TPSA) is 76.2 Å². The van der Waals surface area contributed by atoms with E-state index in [1.54, 1.807) is 14.1 Å². The summed E-state index contributed by atoms with van der Waals surface area (Å²) in [5.41, 5.74) is 8.94. The maximum absolute atomic E-state index is 11.4. The summed E-state index contributed by atoms with van der Waals surface area (Å²) < 4.78 is 1.91. The van der Waals surface area contributed by atoms with Crippen LogP contribution in [0.15, 0.2) is 18.2 Å². The number of aromatic nitrogens is 2. The van der Waals surface area contributed by atoms with Crippen LogP contribution in [0.4, 0.5) is 10.7 Å². The summed E-state index contributed by atoms with van der Waals surface area (Å²) in [4.78, 5) is 17.3. The van der Waals surface area contributed by atoms with Gasteiger partial charge in [0.2, 0.25) is 5.95 Å². The Morgan fingerprint density at radius 1 is 1.47 bits per heavy atom. The molecule has 2 rings (SSSR count). The van der Waals surface area contributed by atoms with E-state index in [9.17, 15) is 4.79 Å². The molecule has 2 amide bonds. The summed E-state index contributed by atoms with van der Waals surface area (Å²) in [5.74, 6) is 0.475. The van der Waals surface area contributed by atoms with E-state index >= 15 is 0 Å². The van der Waals surface area contributed by atoms with Gasteiger partial charge in [0.05, 0.1) is 11.0 Å². The van der Waals surface area contributed by atoms with Gasteiger partial charge in [0.15, 0.2) is 0 Å². The van der Waals surface area contributed by atoms with Crippen molar-refractivity contribution in [2.24, 2.45) is 0 Å². The highest BCUT2D eigenvalue weighted by Gasteiger charge is 2.10. The number of nitrogen functional groups attached to an aromatic ring is 1. The summed E-state index contributed by atoms with van der Waals surface area (Å²) in [6, 6.07) is 5.86. The summed E-state index contributed by atoms with van der Waals surface area (Å²) in [6.07, 6.45) is 0. The van der Waals surface area contributed by atoms with E-state index in [4.69, 9.17) is 5.73 Å². The highest BCUT2D eigenvalue weighted by Crippen LogP contribution is 2.20. The molecule has 1 heterocycles. The summed E-state index contributed by atoms with van der Waals surface area (Å²) in [5, 5.41) is 2.81. The van der Waals surface area contributed by atoms with Gasteiger partial charge in [-0.2, -0.15) is 0 Å². The molecule has 102 valence electrons. The van der Waals surface area contributed by atoms with Gasteiger partial charge in [0, 0.05) is 27.2 Å². The van der Waals surface area contributed by atoms with E-state index in [1.807, 2.05) is 29.7 Å². The van der Waals surface area contributed by atoms with Crippen LogP contribution in [0.1, 0.15) is 5.56 Å². The summed E-state index contributed by atoms with van der Waals surface area (Å²) in [7, 11) is 3.42. The number of hydrogen-bond donors (Lipinski definition) is 2. The first-order valence-corrected chi connectivity index (χ1v) is 6.17. The molecule has 0 aliphatic rings. The minimum Gasteiger partial charge on any atom is -0.369 e. The molecule has 1 aromatic carbocycles. The number of urea groups is 1. The number of para-hydroxylation sites is 1. The Bertz CT molecular complexity index is 602. The molecule has 3 N–H and O–H groups in total. The second-order valence-corrected chi connectivity index (χ2v) is 4.69. The zero-order valence-electron chi connectivity index (χ0n) is 11.5. The van der Waals surface area contributed by atoms with Gasteiger partial charge in [-0.05, 0) is 18.6 Å². The Morgan fingerprint density at radius 2 is 2.21 bits per heavy atom. The molecule has 0 aliphatic heterocycles. The second-order valence-electron chi connectivity index (χ2n) is 4.69. The fourth-order valence-electron chi connectivity index (χ4n) is 1.97. The number of hydrogen-bond acceptors (Lipinski definition) is 3. The third-order valence-electron chi connectivity index (χ3n) is 3.03. The van der Waals surface area contributed by atoms with Crippen molar-refractivity contribution in [3.05, 3.63) is 23.8 Å². The van der Waals surface area contributed by atoms with Crippen LogP contribution in [0.3, 0.4) is 0 Å². The van der Waals surface area contributed by atoms with Gasteiger partial charge in [0.25, 0.3) is 0 Å². The lowest BCUT2D eigenvalue weighted by Gasteiger charge is -2.12. The lowest BCUT2D eigenvalue weighted by molar-refractivity contribution is 0.217. The molecule has 6 heteroatoms. The van der Waals surface area contributed by atoms with Crippen LogP contribution in [0, 0.1) is 6.92 Å². The van der Waals surface area contributed by atoms with Crippen LogP contribution in [-0.4, -0.2) is 41.1 Å². The van der Waals surface area contributed by atoms with Crippen molar-refractivity contribution in [1.82, 2.24) is 19.8 Å². The molecule has 0 spiro atoms. The van der Waals surface area contributed by atoms with Crippen LogP contribution in [0.5, 0.6) is 0 Å². The average molecular weight is 261 g/mol. The minimum absolute atomic E-state index is 0.112. The predicted molar refractivity (Wildman–Crippen MR) is 76.0 cm³/mol. The first-order chi connectivity index (χ1) is 9.00. The van der Waals surface area contributed by atoms with E-state index < -0.39 is 0 Å². The number of nitrogens with zero attached hydrogens (tertiary/aromatic N) is 3. The highest BCUT2D eigenvalue weighted by atomic mass is 16.2. The molecule has 2 aromatic rings. The van der Waals surface area contributed by atoms with E-state index in [-0.39, 0.29) is 6.03 Å². The first kappa shape index (κ1) is 13.2. The molecule has 19 heavy (non-hydrogen) atoms. The molecule has 0 aliphatic carbocycles. The fraction of sp³-hybridized carbons (Fsp3) is 0.385. The lowest BCUT2D eigenvalue weighted by Crippen LogP contribution is -2.36. The molecule has 0 atom stereocenters. The van der Waals surface area contributed by atoms with Gasteiger partial charge in [-0.3, -0.25) is 0 Å². The molecule has 0 unspecified atom stereocenters. The van der Waals surface area contributed by atoms with Gasteiger partial charge in [0.1, 0.15) is 0 Å². The van der Waals surface area contributed by atoms with E-state index in [1.165, 1.54) is 4.90 Å². The highest BCUT2D eigenvalue weighted by molar-refractivity contribution is 5.81. The van der Waals surface area contributed by atoms with E-state index in [0.717, 1.165) is 16.6 Å². The van der Waals surface area contributed by atoms with Crippen molar-refractivity contribution in [2.45, 2.75) is 13.5 Å². The third-order valence-corrected chi connectivity index (χ3v) is 3.03. The largest absolute Gasteiger partial charge is 0.369 e. The monoisotopic (exact) mass is 261 g/mol. The lowest BCUT2D eigenvalue weighted by atomic mass is 10.2. The third kappa shape index (κ3) is 2.62. The standard InChI is InChI=1S/C13H19N5O/c1-9-5-4-6-10-11(9)16-12(14)18(10)8-7-15-13(19)17(2)3/h4-6H,7-8H2,1-3H3,(H2,14,16)(H,15,19). The normalized spacial score (nSPS) is 10.7. The molecular weight excluding hydrogens is 242 g/mol. The summed E-state index contributed by atoms with van der Waals surface area (Å²) in [6.45, 7) is 3.12. The Kier molecular flexibility index (Phi) is 3.59. The molecule has 0 radical (unpaired) electrons. The second kappa shape index (κ2) is 5.17. The number of carbonyl (C=O) groups excluding carboxylic acids is 1. The number of amides is 2. The Labute approximate surface area is 112 Å². The van der Waals surface area contributed by atoms with Crippen LogP contribution in [0.2, 0.25) is 0 Å². The van der Waals surface area contributed by atoms with Gasteiger partial charge >= 0.3 is 6.03 Å². The van der Waals surface area contributed by atoms with E-state index in [0.29, 0.717) is 19.0 Å². The smallest absolute Gasteiger partial charge is 0.316 e. The van der Waals surface area contributed by atoms with Crippen LogP contribution in [-0.2, 0) is 6.54 Å². The molecule has 0 saturated heterocycles. The Hall–Kier alpha value is -2.24. The molecular formula is C13H19N5O. The number of imidazole rings is 1. The van der Waals surface area contributed by atoms with Gasteiger partial charge in [-0.25, -0.2) is 9.78 Å². The SMILES string of the molecule is Cc1cccc2c1nc(N)n2CCNC(=O)N(C)C. The first-order valence-electron chi connectivity index (χ1n) is 6.17. The van der Waals surface area contributed by atoms with Gasteiger partial charge in [-0.1, -0.05) is 12.1 Å². The van der Waals surface area contributed by atoms with E-state index in [2.05, 4.69) is 10.3 Å². The zero-order valence-corrected chi connectivity index (χ0v) is 11.5. The number of rotatable bonds is 3. The minimum atomic E-state index is -0.112. The van der Waals surface area contributed by atoms with Crippen molar-refractivity contribution < 1.29 is 4.79 Å². The number of aryl methyl sites for hydroxylation is 1. The molecule has 0 saturated carbocycles. The van der Waals surface area contributed by atoms with Gasteiger partial charge in [-0.15, -0.1) is 0 Å². The van der Waals surface area contributed by atoms with Crippen LogP contribution in [0.25, 0.3) is 11.0 Å². The molecule has 0 fully saturated rings. The molecule has 0 bridgehead atoms. The summed E-state index contributed by atoms with van der Waals surface area (Å²) >= 11 is 0. The van der Waals surface area contributed by atoms with Crippen LogP contribution >= 0.6 is 0 Å². The Morgan fingerprint density at radius 3 is 2.89 bits per heavy atom. The number of nitrogens with two attached hydrogens (primary N) is 1. The van der Waals surface area contributed by atoms with Crippen molar-refractivity contribution in [2.75, 3.05) is 26.4 Å². The van der Waals surface area contributed by atoms with Crippen molar-refractivity contribution in [1.29, 1.82) is 0 Å². The predicted octanol–water partition coefficient (Wildman–Crippen LogP) is 1.20. The quantitative estimate of drug-likeness (QED) is 0.871. The number of anilines is 1. The maximum Gasteiger partial charge on any atom is 0.316 e. The maximum atomic E-state index is 11.4.